The molecule has 1 heterocycles. The lowest BCUT2D eigenvalue weighted by Gasteiger charge is -2.26. The first kappa shape index (κ1) is 21.3. The van der Waals surface area contributed by atoms with Crippen molar-refractivity contribution in [3.63, 3.8) is 0 Å². The number of imide groups is 1. The van der Waals surface area contributed by atoms with Gasteiger partial charge in [-0.2, -0.15) is 21.6 Å². The number of hydrogen-bond acceptors (Lipinski definition) is 5. The maximum atomic E-state index is 12.6. The minimum absolute atomic E-state index is 0.0927. The molecule has 29 heavy (non-hydrogen) atoms. The normalized spacial score (nSPS) is 14.7. The van der Waals surface area contributed by atoms with Gasteiger partial charge < -0.3 is 0 Å². The van der Waals surface area contributed by atoms with Crippen LogP contribution in [0, 0.1) is 0 Å². The lowest BCUT2D eigenvalue weighted by atomic mass is 9.90. The summed E-state index contributed by atoms with van der Waals surface area (Å²) in [5, 5.41) is 0.581. The second-order valence-electron chi connectivity index (χ2n) is 6.69. The van der Waals surface area contributed by atoms with Gasteiger partial charge in [-0.3, -0.25) is 9.59 Å². The Balaban J connectivity index is 2.02. The van der Waals surface area contributed by atoms with Crippen LogP contribution >= 0.6 is 0 Å². The first-order valence-electron chi connectivity index (χ1n) is 9.02. The van der Waals surface area contributed by atoms with E-state index in [0.717, 1.165) is 31.2 Å². The number of benzene rings is 2. The van der Waals surface area contributed by atoms with E-state index < -0.39 is 27.4 Å². The van der Waals surface area contributed by atoms with Crippen LogP contribution in [0.5, 0.6) is 0 Å². The number of amides is 2. The highest BCUT2D eigenvalue weighted by Gasteiger charge is 2.51. The van der Waals surface area contributed by atoms with Crippen LogP contribution in [0.25, 0.3) is 10.8 Å². The van der Waals surface area contributed by atoms with E-state index in [9.17, 15) is 31.2 Å². The van der Waals surface area contributed by atoms with Gasteiger partial charge in [0.2, 0.25) is 0 Å². The molecule has 0 fully saturated rings. The van der Waals surface area contributed by atoms with Crippen molar-refractivity contribution >= 4 is 32.7 Å². The van der Waals surface area contributed by atoms with E-state index in [1.807, 2.05) is 0 Å². The van der Waals surface area contributed by atoms with Crippen LogP contribution in [0.2, 0.25) is 0 Å². The van der Waals surface area contributed by atoms with E-state index >= 15 is 0 Å². The molecular weight excluding hydrogens is 411 g/mol. The Hall–Kier alpha value is -2.46. The summed E-state index contributed by atoms with van der Waals surface area (Å²) in [6.45, 7) is 2.09. The van der Waals surface area contributed by atoms with Crippen LogP contribution in [0.4, 0.5) is 13.2 Å². The standard InChI is InChI=1S/C19H18F3NO5S/c1-2-3-4-5-7-12-10-11-15-16-13(12)8-6-9-14(16)17(24)23(18(15)25)28-29(26,27)19(20,21)22/h6,8-11H,2-5,7H2,1H3. The number of carbonyl (C=O) groups is 2. The summed E-state index contributed by atoms with van der Waals surface area (Å²) in [5.74, 6) is -2.52. The molecular formula is C19H18F3NO5S. The van der Waals surface area contributed by atoms with Crippen molar-refractivity contribution in [1.29, 1.82) is 0 Å². The van der Waals surface area contributed by atoms with Gasteiger partial charge >= 0.3 is 15.6 Å². The van der Waals surface area contributed by atoms with Gasteiger partial charge in [0.15, 0.2) is 0 Å². The topological polar surface area (TPSA) is 80.8 Å². The zero-order valence-corrected chi connectivity index (χ0v) is 16.3. The fourth-order valence-electron chi connectivity index (χ4n) is 3.30. The van der Waals surface area contributed by atoms with Crippen molar-refractivity contribution in [2.24, 2.45) is 0 Å². The minimum Gasteiger partial charge on any atom is -0.266 e. The average molecular weight is 429 g/mol. The summed E-state index contributed by atoms with van der Waals surface area (Å²) in [4.78, 5) is 25.2. The zero-order valence-electron chi connectivity index (χ0n) is 15.5. The minimum atomic E-state index is -6.18. The summed E-state index contributed by atoms with van der Waals surface area (Å²) in [6, 6.07) is 7.62. The number of unbranched alkanes of at least 4 members (excludes halogenated alkanes) is 3. The third kappa shape index (κ3) is 3.86. The maximum Gasteiger partial charge on any atom is 0.525 e. The second-order valence-corrected chi connectivity index (χ2v) is 8.21. The Morgan fingerprint density at radius 1 is 0.966 bits per heavy atom. The molecule has 156 valence electrons. The van der Waals surface area contributed by atoms with E-state index in [0.29, 0.717) is 17.2 Å². The first-order chi connectivity index (χ1) is 13.6. The van der Waals surface area contributed by atoms with Crippen LogP contribution in [0.3, 0.4) is 0 Å². The summed E-state index contributed by atoms with van der Waals surface area (Å²) in [7, 11) is -6.18. The van der Waals surface area contributed by atoms with Gasteiger partial charge in [0.05, 0.1) is 11.1 Å². The summed E-state index contributed by atoms with van der Waals surface area (Å²) >= 11 is 0. The Bertz CT molecular complexity index is 1060. The quantitative estimate of drug-likeness (QED) is 0.372. The molecule has 0 saturated carbocycles. The van der Waals surface area contributed by atoms with Crippen molar-refractivity contribution in [1.82, 2.24) is 5.06 Å². The summed E-state index contributed by atoms with van der Waals surface area (Å²) < 4.78 is 64.3. The molecule has 0 N–H and O–H groups in total. The van der Waals surface area contributed by atoms with Gasteiger partial charge in [-0.15, -0.1) is 9.35 Å². The lowest BCUT2D eigenvalue weighted by Crippen LogP contribution is -2.44. The van der Waals surface area contributed by atoms with Crippen LogP contribution < -0.4 is 0 Å². The number of aryl methyl sites for hydroxylation is 1. The maximum absolute atomic E-state index is 12.6. The Labute approximate surface area is 165 Å². The largest absolute Gasteiger partial charge is 0.525 e. The summed E-state index contributed by atoms with van der Waals surface area (Å²) in [6.07, 6.45) is 4.80. The predicted octanol–water partition coefficient (Wildman–Crippen LogP) is 4.34. The zero-order chi connectivity index (χ0) is 21.4. The number of alkyl halides is 3. The lowest BCUT2D eigenvalue weighted by molar-refractivity contribution is -0.0761. The van der Waals surface area contributed by atoms with E-state index in [1.165, 1.54) is 18.2 Å². The molecule has 0 unspecified atom stereocenters. The molecule has 2 aromatic rings. The van der Waals surface area contributed by atoms with E-state index in [4.69, 9.17) is 0 Å². The van der Waals surface area contributed by atoms with E-state index in [2.05, 4.69) is 11.2 Å². The highest BCUT2D eigenvalue weighted by atomic mass is 32.2. The Morgan fingerprint density at radius 3 is 2.24 bits per heavy atom. The SMILES string of the molecule is CCCCCCc1ccc2c3c(cccc13)C(=O)N(OS(=O)(=O)C(F)(F)F)C2=O. The molecule has 0 saturated heterocycles. The number of hydrogen-bond donors (Lipinski definition) is 0. The van der Waals surface area contributed by atoms with Gasteiger partial charge in [-0.1, -0.05) is 44.4 Å². The van der Waals surface area contributed by atoms with E-state index in [1.54, 1.807) is 12.1 Å². The fraction of sp³-hybridized carbons (Fsp3) is 0.368. The fourth-order valence-corrected chi connectivity index (χ4v) is 3.72. The monoisotopic (exact) mass is 429 g/mol. The molecule has 6 nitrogen and oxygen atoms in total. The average Bonchev–Trinajstić information content (AvgIpc) is 2.66. The molecule has 10 heteroatoms. The van der Waals surface area contributed by atoms with Crippen LogP contribution in [0.15, 0.2) is 30.3 Å². The molecule has 3 rings (SSSR count). The molecule has 0 bridgehead atoms. The van der Waals surface area contributed by atoms with Crippen molar-refractivity contribution in [3.05, 3.63) is 47.0 Å². The predicted molar refractivity (Wildman–Crippen MR) is 98.4 cm³/mol. The number of rotatable bonds is 7. The molecule has 0 aliphatic carbocycles. The van der Waals surface area contributed by atoms with Gasteiger partial charge in [0, 0.05) is 5.39 Å². The van der Waals surface area contributed by atoms with Gasteiger partial charge in [-0.25, -0.2) is 0 Å². The Kier molecular flexibility index (Phi) is 5.68. The van der Waals surface area contributed by atoms with Gasteiger partial charge in [0.1, 0.15) is 0 Å². The molecule has 1 aliphatic rings. The third-order valence-corrected chi connectivity index (χ3v) is 5.63. The van der Waals surface area contributed by atoms with Crippen molar-refractivity contribution in [2.45, 2.75) is 44.5 Å². The Morgan fingerprint density at radius 2 is 1.62 bits per heavy atom. The van der Waals surface area contributed by atoms with Crippen LogP contribution in [0.1, 0.15) is 58.9 Å². The molecule has 0 spiro atoms. The molecule has 1 aliphatic heterocycles. The first-order valence-corrected chi connectivity index (χ1v) is 10.4. The van der Waals surface area contributed by atoms with Crippen LogP contribution in [-0.4, -0.2) is 30.8 Å². The third-order valence-electron chi connectivity index (χ3n) is 4.72. The van der Waals surface area contributed by atoms with Crippen molar-refractivity contribution in [3.8, 4) is 0 Å². The molecule has 2 amide bonds. The molecule has 0 aromatic heterocycles. The van der Waals surface area contributed by atoms with Gasteiger partial charge in [-0.05, 0) is 35.9 Å². The number of halogens is 3. The second kappa shape index (κ2) is 7.75. The van der Waals surface area contributed by atoms with Crippen molar-refractivity contribution in [2.75, 3.05) is 0 Å². The molecule has 0 atom stereocenters. The highest BCUT2D eigenvalue weighted by Crippen LogP contribution is 2.35. The smallest absolute Gasteiger partial charge is 0.266 e. The van der Waals surface area contributed by atoms with E-state index in [-0.39, 0.29) is 16.2 Å². The van der Waals surface area contributed by atoms with Crippen LogP contribution in [-0.2, 0) is 20.8 Å². The molecule has 2 aromatic carbocycles. The molecule has 0 radical (unpaired) electrons. The number of carbonyl (C=O) groups excluding carboxylic acids is 2. The number of nitrogens with zero attached hydrogens (tertiary/aromatic N) is 1. The highest BCUT2D eigenvalue weighted by molar-refractivity contribution is 7.87. The number of hydroxylamine groups is 2. The summed E-state index contributed by atoms with van der Waals surface area (Å²) in [5.41, 5.74) is -5.06. The van der Waals surface area contributed by atoms with Crippen molar-refractivity contribution < 1.29 is 35.5 Å². The van der Waals surface area contributed by atoms with Gasteiger partial charge in [0.25, 0.3) is 11.8 Å².